The SMILES string of the molecule is COc1ccc(-c2oc3c(c(C)cc4oc(=O)cc(C)c43)c2CC(=O)NCC#N)cc1. The minimum Gasteiger partial charge on any atom is -0.497 e. The Morgan fingerprint density at radius 2 is 1.81 bits per heavy atom. The lowest BCUT2D eigenvalue weighted by Gasteiger charge is -2.07. The molecule has 0 fully saturated rings. The summed E-state index contributed by atoms with van der Waals surface area (Å²) in [4.78, 5) is 24.4. The fourth-order valence-electron chi connectivity index (χ4n) is 3.86. The van der Waals surface area contributed by atoms with Crippen molar-refractivity contribution in [1.82, 2.24) is 5.32 Å². The lowest BCUT2D eigenvalue weighted by Crippen LogP contribution is -2.25. The topological polar surface area (TPSA) is 105 Å². The molecule has 0 atom stereocenters. The number of rotatable bonds is 5. The summed E-state index contributed by atoms with van der Waals surface area (Å²) in [5.74, 6) is 0.966. The molecule has 156 valence electrons. The van der Waals surface area contributed by atoms with Crippen LogP contribution in [0.1, 0.15) is 16.7 Å². The molecule has 4 aromatic rings. The van der Waals surface area contributed by atoms with Crippen molar-refractivity contribution in [2.75, 3.05) is 13.7 Å². The van der Waals surface area contributed by atoms with Gasteiger partial charge in [-0.3, -0.25) is 4.79 Å². The standard InChI is InChI=1S/C24H20N2O5/c1-13-10-18-22(14(2)11-20(28)30-18)24-21(13)17(12-19(27)26-9-8-25)23(31-24)15-4-6-16(29-3)7-5-15/h4-7,10-11H,9,12H2,1-3H3,(H,26,27). The van der Waals surface area contributed by atoms with Crippen molar-refractivity contribution in [3.05, 3.63) is 63.5 Å². The molecule has 0 unspecified atom stereocenters. The third-order valence-electron chi connectivity index (χ3n) is 5.22. The summed E-state index contributed by atoms with van der Waals surface area (Å²) >= 11 is 0. The first kappa shape index (κ1) is 20.2. The predicted molar refractivity (Wildman–Crippen MR) is 116 cm³/mol. The first-order valence-corrected chi connectivity index (χ1v) is 9.70. The second-order valence-electron chi connectivity index (χ2n) is 7.27. The van der Waals surface area contributed by atoms with E-state index in [0.717, 1.165) is 22.1 Å². The maximum Gasteiger partial charge on any atom is 0.336 e. The van der Waals surface area contributed by atoms with Crippen LogP contribution in [0, 0.1) is 25.2 Å². The van der Waals surface area contributed by atoms with E-state index in [4.69, 9.17) is 18.8 Å². The highest BCUT2D eigenvalue weighted by molar-refractivity contribution is 6.09. The van der Waals surface area contributed by atoms with Crippen LogP contribution in [0.25, 0.3) is 33.3 Å². The summed E-state index contributed by atoms with van der Waals surface area (Å²) in [7, 11) is 1.59. The average molecular weight is 416 g/mol. The van der Waals surface area contributed by atoms with Gasteiger partial charge in [-0.15, -0.1) is 0 Å². The van der Waals surface area contributed by atoms with Crippen molar-refractivity contribution in [1.29, 1.82) is 5.26 Å². The Kier molecular flexibility index (Phi) is 5.22. The Hall–Kier alpha value is -4.05. The van der Waals surface area contributed by atoms with Gasteiger partial charge < -0.3 is 18.9 Å². The third kappa shape index (κ3) is 3.64. The zero-order valence-electron chi connectivity index (χ0n) is 17.4. The minimum atomic E-state index is -0.429. The monoisotopic (exact) mass is 416 g/mol. The van der Waals surface area contributed by atoms with Gasteiger partial charge in [0.2, 0.25) is 5.91 Å². The Bertz CT molecular complexity index is 1400. The Balaban J connectivity index is 2.02. The van der Waals surface area contributed by atoms with E-state index in [1.54, 1.807) is 13.2 Å². The number of aryl methyl sites for hydroxylation is 2. The van der Waals surface area contributed by atoms with Crippen LogP contribution in [0.4, 0.5) is 0 Å². The quantitative estimate of drug-likeness (QED) is 0.389. The summed E-state index contributed by atoms with van der Waals surface area (Å²) in [6.45, 7) is 3.63. The van der Waals surface area contributed by atoms with Crippen LogP contribution in [0.3, 0.4) is 0 Å². The molecule has 7 heteroatoms. The second-order valence-corrected chi connectivity index (χ2v) is 7.27. The predicted octanol–water partition coefficient (Wildman–Crippen LogP) is 4.01. The van der Waals surface area contributed by atoms with E-state index in [1.165, 1.54) is 6.07 Å². The molecule has 0 aliphatic heterocycles. The van der Waals surface area contributed by atoms with Crippen LogP contribution < -0.4 is 15.7 Å². The summed E-state index contributed by atoms with van der Waals surface area (Å²) < 4.78 is 17.0. The molecule has 2 aromatic carbocycles. The molecule has 2 heterocycles. The number of nitrogens with one attached hydrogen (secondary N) is 1. The zero-order valence-corrected chi connectivity index (χ0v) is 17.4. The lowest BCUT2D eigenvalue weighted by atomic mass is 9.97. The van der Waals surface area contributed by atoms with E-state index in [0.29, 0.717) is 33.6 Å². The molecule has 0 aliphatic rings. The van der Waals surface area contributed by atoms with E-state index < -0.39 is 5.63 Å². The average Bonchev–Trinajstić information content (AvgIpc) is 3.11. The van der Waals surface area contributed by atoms with E-state index in [1.807, 2.05) is 44.2 Å². The lowest BCUT2D eigenvalue weighted by molar-refractivity contribution is -0.120. The molecular formula is C24H20N2O5. The number of methoxy groups -OCH3 is 1. The normalized spacial score (nSPS) is 10.9. The van der Waals surface area contributed by atoms with E-state index in [9.17, 15) is 9.59 Å². The number of carbonyl (C=O) groups is 1. The zero-order chi connectivity index (χ0) is 22.1. The molecule has 1 N–H and O–H groups in total. The van der Waals surface area contributed by atoms with Crippen molar-refractivity contribution < 1.29 is 18.4 Å². The number of amides is 1. The fourth-order valence-corrected chi connectivity index (χ4v) is 3.86. The first-order valence-electron chi connectivity index (χ1n) is 9.70. The molecule has 4 rings (SSSR count). The molecule has 0 saturated heterocycles. The van der Waals surface area contributed by atoms with Gasteiger partial charge in [-0.2, -0.15) is 5.26 Å². The van der Waals surface area contributed by atoms with Gasteiger partial charge in [-0.1, -0.05) is 0 Å². The maximum absolute atomic E-state index is 12.5. The molecular weight excluding hydrogens is 396 g/mol. The smallest absolute Gasteiger partial charge is 0.336 e. The molecule has 31 heavy (non-hydrogen) atoms. The number of ether oxygens (including phenoxy) is 1. The van der Waals surface area contributed by atoms with E-state index in [-0.39, 0.29) is 18.9 Å². The van der Waals surface area contributed by atoms with Crippen molar-refractivity contribution in [2.24, 2.45) is 0 Å². The third-order valence-corrected chi connectivity index (χ3v) is 5.22. The Labute approximate surface area is 177 Å². The van der Waals surface area contributed by atoms with Crippen molar-refractivity contribution in [3.8, 4) is 23.1 Å². The van der Waals surface area contributed by atoms with Crippen LogP contribution in [-0.4, -0.2) is 19.6 Å². The number of nitriles is 1. The van der Waals surface area contributed by atoms with Gasteiger partial charge in [0.15, 0.2) is 0 Å². The van der Waals surface area contributed by atoms with E-state index >= 15 is 0 Å². The first-order chi connectivity index (χ1) is 14.9. The highest BCUT2D eigenvalue weighted by Gasteiger charge is 2.23. The molecule has 0 aliphatic carbocycles. The van der Waals surface area contributed by atoms with E-state index in [2.05, 4.69) is 5.32 Å². The summed E-state index contributed by atoms with van der Waals surface area (Å²) in [5.41, 5.74) is 3.61. The second kappa shape index (κ2) is 8.00. The molecule has 7 nitrogen and oxygen atoms in total. The van der Waals surface area contributed by atoms with Crippen LogP contribution in [0.5, 0.6) is 5.75 Å². The number of fused-ring (bicyclic) bond motifs is 3. The highest BCUT2D eigenvalue weighted by Crippen LogP contribution is 2.40. The number of furan rings is 1. The van der Waals surface area contributed by atoms with Crippen LogP contribution >= 0.6 is 0 Å². The number of nitrogens with zero attached hydrogens (tertiary/aromatic N) is 1. The summed E-state index contributed by atoms with van der Waals surface area (Å²) in [6.07, 6.45) is 0.0399. The number of hydrogen-bond acceptors (Lipinski definition) is 6. The molecule has 2 aromatic heterocycles. The van der Waals surface area contributed by atoms with Gasteiger partial charge in [0.05, 0.1) is 25.0 Å². The Morgan fingerprint density at radius 3 is 2.48 bits per heavy atom. The number of hydrogen-bond donors (Lipinski definition) is 1. The van der Waals surface area contributed by atoms with Gasteiger partial charge >= 0.3 is 5.63 Å². The molecule has 0 saturated carbocycles. The van der Waals surface area contributed by atoms with Gasteiger partial charge in [-0.25, -0.2) is 4.79 Å². The van der Waals surface area contributed by atoms with Crippen molar-refractivity contribution in [3.63, 3.8) is 0 Å². The maximum atomic E-state index is 12.5. The number of benzene rings is 2. The summed E-state index contributed by atoms with van der Waals surface area (Å²) in [5, 5.41) is 12.9. The number of carbonyl (C=O) groups excluding carboxylic acids is 1. The molecule has 0 bridgehead atoms. The largest absolute Gasteiger partial charge is 0.497 e. The highest BCUT2D eigenvalue weighted by atomic mass is 16.5. The van der Waals surface area contributed by atoms with Gasteiger partial charge in [-0.05, 0) is 55.3 Å². The van der Waals surface area contributed by atoms with Gasteiger partial charge in [0.25, 0.3) is 0 Å². The molecule has 0 spiro atoms. The van der Waals surface area contributed by atoms with Crippen LogP contribution in [-0.2, 0) is 11.2 Å². The van der Waals surface area contributed by atoms with Gasteiger partial charge in [0, 0.05) is 22.6 Å². The minimum absolute atomic E-state index is 0.0399. The van der Waals surface area contributed by atoms with Gasteiger partial charge in [0.1, 0.15) is 29.2 Å². The van der Waals surface area contributed by atoms with Crippen LogP contribution in [0.2, 0.25) is 0 Å². The molecule has 1 amide bonds. The fraction of sp³-hybridized carbons (Fsp3) is 0.208. The molecule has 0 radical (unpaired) electrons. The van der Waals surface area contributed by atoms with Crippen molar-refractivity contribution >= 4 is 27.8 Å². The van der Waals surface area contributed by atoms with Crippen LogP contribution in [0.15, 0.2) is 50.0 Å². The Morgan fingerprint density at radius 1 is 1.10 bits per heavy atom. The summed E-state index contributed by atoms with van der Waals surface area (Å²) in [6, 6.07) is 12.5. The van der Waals surface area contributed by atoms with Crippen molar-refractivity contribution in [2.45, 2.75) is 20.3 Å².